The zero-order valence-corrected chi connectivity index (χ0v) is 12.5. The highest BCUT2D eigenvalue weighted by molar-refractivity contribution is 9.10. The normalized spacial score (nSPS) is 14.6. The van der Waals surface area contributed by atoms with Gasteiger partial charge < -0.3 is 14.6 Å². The summed E-state index contributed by atoms with van der Waals surface area (Å²) in [6, 6.07) is 3.65. The third-order valence-corrected chi connectivity index (χ3v) is 3.91. The Morgan fingerprint density at radius 2 is 1.82 bits per heavy atom. The van der Waals surface area contributed by atoms with E-state index in [1.165, 1.54) is 0 Å². The van der Waals surface area contributed by atoms with Gasteiger partial charge in [-0.05, 0) is 40.9 Å². The minimum atomic E-state index is -0.944. The molecule has 1 rings (SSSR count). The molecule has 1 aromatic carbocycles. The lowest BCUT2D eigenvalue weighted by molar-refractivity contribution is 0.00681. The summed E-state index contributed by atoms with van der Waals surface area (Å²) in [4.78, 5) is 0. The monoisotopic (exact) mass is 302 g/mol. The van der Waals surface area contributed by atoms with E-state index in [0.29, 0.717) is 11.5 Å². The van der Waals surface area contributed by atoms with Crippen molar-refractivity contribution in [2.75, 3.05) is 14.2 Å². The van der Waals surface area contributed by atoms with Gasteiger partial charge in [-0.1, -0.05) is 13.8 Å². The van der Waals surface area contributed by atoms with Gasteiger partial charge in [0, 0.05) is 5.56 Å². The number of methoxy groups -OCH3 is 2. The van der Waals surface area contributed by atoms with E-state index < -0.39 is 5.60 Å². The molecule has 96 valence electrons. The Kier molecular flexibility index (Phi) is 4.44. The van der Waals surface area contributed by atoms with Crippen molar-refractivity contribution >= 4 is 15.9 Å². The summed E-state index contributed by atoms with van der Waals surface area (Å²) in [5, 5.41) is 10.5. The largest absolute Gasteiger partial charge is 0.495 e. The third-order valence-electron chi connectivity index (χ3n) is 3.16. The molecule has 0 fully saturated rings. The second-order valence-electron chi connectivity index (χ2n) is 4.46. The highest BCUT2D eigenvalue weighted by atomic mass is 79.9. The van der Waals surface area contributed by atoms with Crippen molar-refractivity contribution < 1.29 is 14.6 Å². The van der Waals surface area contributed by atoms with Crippen molar-refractivity contribution in [3.8, 4) is 11.5 Å². The fraction of sp³-hybridized carbons (Fsp3) is 0.538. The molecule has 0 heterocycles. The lowest BCUT2D eigenvalue weighted by Gasteiger charge is -2.30. The van der Waals surface area contributed by atoms with Crippen LogP contribution in [-0.2, 0) is 5.60 Å². The maximum atomic E-state index is 10.5. The average Bonchev–Trinajstić information content (AvgIpc) is 2.28. The molecular weight excluding hydrogens is 284 g/mol. The van der Waals surface area contributed by atoms with Crippen LogP contribution < -0.4 is 9.47 Å². The molecule has 0 spiro atoms. The average molecular weight is 303 g/mol. The minimum absolute atomic E-state index is 0.0803. The maximum Gasteiger partial charge on any atom is 0.142 e. The molecule has 1 unspecified atom stereocenters. The summed E-state index contributed by atoms with van der Waals surface area (Å²) < 4.78 is 11.3. The topological polar surface area (TPSA) is 38.7 Å². The van der Waals surface area contributed by atoms with Crippen molar-refractivity contribution in [3.63, 3.8) is 0 Å². The van der Waals surface area contributed by atoms with E-state index in [2.05, 4.69) is 15.9 Å². The van der Waals surface area contributed by atoms with E-state index in [-0.39, 0.29) is 5.92 Å². The zero-order chi connectivity index (χ0) is 13.2. The highest BCUT2D eigenvalue weighted by Crippen LogP contribution is 2.43. The fourth-order valence-corrected chi connectivity index (χ4v) is 2.27. The van der Waals surface area contributed by atoms with Crippen LogP contribution in [0.1, 0.15) is 26.3 Å². The third kappa shape index (κ3) is 2.58. The van der Waals surface area contributed by atoms with Gasteiger partial charge in [0.25, 0.3) is 0 Å². The minimum Gasteiger partial charge on any atom is -0.495 e. The molecular formula is C13H19BrO3. The number of hydrogen-bond acceptors (Lipinski definition) is 3. The van der Waals surface area contributed by atoms with Gasteiger partial charge in [-0.3, -0.25) is 0 Å². The Morgan fingerprint density at radius 3 is 2.24 bits per heavy atom. The first-order valence-corrected chi connectivity index (χ1v) is 6.28. The van der Waals surface area contributed by atoms with E-state index in [9.17, 15) is 5.11 Å². The standard InChI is InChI=1S/C13H19BrO3/c1-8(2)13(3,15)9-6-7-10(16-4)11(14)12(9)17-5/h6-8,15H,1-5H3. The molecule has 1 N–H and O–H groups in total. The van der Waals surface area contributed by atoms with Crippen molar-refractivity contribution in [2.45, 2.75) is 26.4 Å². The quantitative estimate of drug-likeness (QED) is 0.927. The first-order valence-electron chi connectivity index (χ1n) is 5.49. The number of rotatable bonds is 4. The van der Waals surface area contributed by atoms with Crippen LogP contribution in [-0.4, -0.2) is 19.3 Å². The van der Waals surface area contributed by atoms with Gasteiger partial charge in [-0.25, -0.2) is 0 Å². The lowest BCUT2D eigenvalue weighted by atomic mass is 9.84. The lowest BCUT2D eigenvalue weighted by Crippen LogP contribution is -2.28. The maximum absolute atomic E-state index is 10.5. The van der Waals surface area contributed by atoms with Gasteiger partial charge >= 0.3 is 0 Å². The second kappa shape index (κ2) is 5.27. The molecule has 0 bridgehead atoms. The Hall–Kier alpha value is -0.740. The van der Waals surface area contributed by atoms with Gasteiger partial charge in [0.1, 0.15) is 16.0 Å². The van der Waals surface area contributed by atoms with Crippen LogP contribution in [0.5, 0.6) is 11.5 Å². The van der Waals surface area contributed by atoms with Gasteiger partial charge in [-0.2, -0.15) is 0 Å². The Labute approximate surface area is 111 Å². The van der Waals surface area contributed by atoms with E-state index in [0.717, 1.165) is 10.0 Å². The van der Waals surface area contributed by atoms with Crippen molar-refractivity contribution in [1.29, 1.82) is 0 Å². The van der Waals surface area contributed by atoms with Gasteiger partial charge in [-0.15, -0.1) is 0 Å². The number of aliphatic hydroxyl groups is 1. The van der Waals surface area contributed by atoms with Crippen LogP contribution in [0, 0.1) is 5.92 Å². The van der Waals surface area contributed by atoms with E-state index in [1.54, 1.807) is 21.1 Å². The summed E-state index contributed by atoms with van der Waals surface area (Å²) in [6.07, 6.45) is 0. The van der Waals surface area contributed by atoms with E-state index >= 15 is 0 Å². The van der Waals surface area contributed by atoms with Crippen molar-refractivity contribution in [1.82, 2.24) is 0 Å². The van der Waals surface area contributed by atoms with E-state index in [1.807, 2.05) is 26.0 Å². The number of halogens is 1. The molecule has 4 heteroatoms. The highest BCUT2D eigenvalue weighted by Gasteiger charge is 2.32. The smallest absolute Gasteiger partial charge is 0.142 e. The van der Waals surface area contributed by atoms with Crippen LogP contribution in [0.2, 0.25) is 0 Å². The Balaban J connectivity index is 3.40. The van der Waals surface area contributed by atoms with Crippen LogP contribution in [0.25, 0.3) is 0 Å². The summed E-state index contributed by atoms with van der Waals surface area (Å²) in [7, 11) is 3.18. The van der Waals surface area contributed by atoms with Crippen LogP contribution in [0.15, 0.2) is 16.6 Å². The molecule has 1 atom stereocenters. The van der Waals surface area contributed by atoms with Gasteiger partial charge in [0.05, 0.1) is 19.8 Å². The predicted molar refractivity (Wildman–Crippen MR) is 71.7 cm³/mol. The summed E-state index contributed by atoms with van der Waals surface area (Å²) in [5.74, 6) is 1.38. The predicted octanol–water partition coefficient (Wildman–Crippen LogP) is 3.33. The molecule has 0 saturated heterocycles. The summed E-state index contributed by atoms with van der Waals surface area (Å²) in [5.41, 5.74) is -0.192. The Morgan fingerprint density at radius 1 is 1.24 bits per heavy atom. The molecule has 0 aliphatic rings. The SMILES string of the molecule is COc1ccc(C(C)(O)C(C)C)c(OC)c1Br. The van der Waals surface area contributed by atoms with Gasteiger partial charge in [0.2, 0.25) is 0 Å². The molecule has 0 aromatic heterocycles. The fourth-order valence-electron chi connectivity index (χ4n) is 1.60. The molecule has 1 aromatic rings. The zero-order valence-electron chi connectivity index (χ0n) is 10.9. The molecule has 0 radical (unpaired) electrons. The summed E-state index contributed by atoms with van der Waals surface area (Å²) >= 11 is 3.43. The van der Waals surface area contributed by atoms with E-state index in [4.69, 9.17) is 9.47 Å². The first-order chi connectivity index (χ1) is 7.86. The Bertz CT molecular complexity index is 400. The molecule has 0 aliphatic carbocycles. The number of ether oxygens (including phenoxy) is 2. The molecule has 3 nitrogen and oxygen atoms in total. The van der Waals surface area contributed by atoms with Crippen molar-refractivity contribution in [3.05, 3.63) is 22.2 Å². The molecule has 0 aliphatic heterocycles. The molecule has 0 amide bonds. The van der Waals surface area contributed by atoms with Crippen LogP contribution in [0.4, 0.5) is 0 Å². The summed E-state index contributed by atoms with van der Waals surface area (Å²) in [6.45, 7) is 5.73. The molecule has 0 saturated carbocycles. The number of benzene rings is 1. The van der Waals surface area contributed by atoms with Crippen LogP contribution >= 0.6 is 15.9 Å². The van der Waals surface area contributed by atoms with Crippen LogP contribution in [0.3, 0.4) is 0 Å². The number of hydrogen-bond donors (Lipinski definition) is 1. The molecule has 17 heavy (non-hydrogen) atoms. The second-order valence-corrected chi connectivity index (χ2v) is 5.26. The first kappa shape index (κ1) is 14.3. The van der Waals surface area contributed by atoms with Gasteiger partial charge in [0.15, 0.2) is 0 Å². The van der Waals surface area contributed by atoms with Crippen molar-refractivity contribution in [2.24, 2.45) is 5.92 Å².